The Morgan fingerprint density at radius 3 is 3.00 bits per heavy atom. The van der Waals surface area contributed by atoms with E-state index in [2.05, 4.69) is 19.3 Å². The molecule has 0 aliphatic carbocycles. The van der Waals surface area contributed by atoms with Gasteiger partial charge in [0.05, 0.1) is 0 Å². The second-order valence-electron chi connectivity index (χ2n) is 2.36. The molecule has 0 amide bonds. The lowest BCUT2D eigenvalue weighted by Crippen LogP contribution is -2.11. The zero-order valence-electron chi connectivity index (χ0n) is 6.82. The van der Waals surface area contributed by atoms with Gasteiger partial charge >= 0.3 is 0 Å². The smallest absolute Gasteiger partial charge is 0.138 e. The third kappa shape index (κ3) is 2.00. The molecule has 0 radical (unpaired) electrons. The average Bonchev–Trinajstić information content (AvgIpc) is 2.55. The van der Waals surface area contributed by atoms with Crippen molar-refractivity contribution in [1.82, 2.24) is 14.8 Å². The van der Waals surface area contributed by atoms with E-state index >= 15 is 0 Å². The summed E-state index contributed by atoms with van der Waals surface area (Å²) in [5, 5.41) is 4.06. The maximum Gasteiger partial charge on any atom is 0.138 e. The molecular formula is C7H14N3P. The van der Waals surface area contributed by atoms with E-state index in [1.165, 1.54) is 12.8 Å². The van der Waals surface area contributed by atoms with Crippen LogP contribution in [0, 0.1) is 0 Å². The van der Waals surface area contributed by atoms with Gasteiger partial charge < -0.3 is 0 Å². The normalized spacial score (nSPS) is 14.7. The molecule has 1 aromatic rings. The molecule has 3 nitrogen and oxygen atoms in total. The molecule has 0 aromatic carbocycles. The summed E-state index contributed by atoms with van der Waals surface area (Å²) in [5.74, 6) is 1.15. The predicted molar refractivity (Wildman–Crippen MR) is 48.6 cm³/mol. The lowest BCUT2D eigenvalue weighted by Gasteiger charge is -2.09. The summed E-state index contributed by atoms with van der Waals surface area (Å²) >= 11 is 0. The molecule has 1 aromatic heterocycles. The fourth-order valence-corrected chi connectivity index (χ4v) is 1.21. The van der Waals surface area contributed by atoms with Crippen LogP contribution in [0.2, 0.25) is 0 Å². The van der Waals surface area contributed by atoms with Crippen molar-refractivity contribution in [3.05, 3.63) is 12.2 Å². The minimum Gasteiger partial charge on any atom is -0.250 e. The van der Waals surface area contributed by atoms with Crippen LogP contribution < -0.4 is 0 Å². The van der Waals surface area contributed by atoms with E-state index in [0.717, 1.165) is 18.8 Å². The number of fused-ring (bicyclic) bond motifs is 1. The van der Waals surface area contributed by atoms with E-state index in [0.29, 0.717) is 0 Å². The summed E-state index contributed by atoms with van der Waals surface area (Å²) in [7, 11) is 2.42. The Morgan fingerprint density at radius 1 is 1.45 bits per heavy atom. The monoisotopic (exact) mass is 171 g/mol. The highest BCUT2D eigenvalue weighted by Gasteiger charge is 2.07. The van der Waals surface area contributed by atoms with Gasteiger partial charge in [-0.25, -0.2) is 4.98 Å². The maximum atomic E-state index is 4.11. The van der Waals surface area contributed by atoms with Gasteiger partial charge in [-0.2, -0.15) is 5.10 Å². The van der Waals surface area contributed by atoms with E-state index in [1.807, 2.05) is 11.3 Å². The maximum absolute atomic E-state index is 4.11. The van der Waals surface area contributed by atoms with Crippen LogP contribution in [0.15, 0.2) is 6.33 Å². The van der Waals surface area contributed by atoms with Crippen molar-refractivity contribution in [2.45, 2.75) is 25.8 Å². The van der Waals surface area contributed by atoms with E-state index in [4.69, 9.17) is 0 Å². The van der Waals surface area contributed by atoms with Crippen molar-refractivity contribution < 1.29 is 0 Å². The van der Waals surface area contributed by atoms with Crippen LogP contribution in [0.1, 0.15) is 18.7 Å². The van der Waals surface area contributed by atoms with Gasteiger partial charge in [0.2, 0.25) is 0 Å². The van der Waals surface area contributed by atoms with Crippen LogP contribution in [0.3, 0.4) is 0 Å². The molecule has 0 saturated heterocycles. The molecule has 2 rings (SSSR count). The van der Waals surface area contributed by atoms with Crippen LogP contribution in [0.25, 0.3) is 0 Å². The second-order valence-corrected chi connectivity index (χ2v) is 2.36. The first-order chi connectivity index (χ1) is 5.47. The molecule has 0 fully saturated rings. The Kier molecular flexibility index (Phi) is 3.50. The van der Waals surface area contributed by atoms with Crippen molar-refractivity contribution in [2.75, 3.05) is 6.66 Å². The summed E-state index contributed by atoms with van der Waals surface area (Å²) in [6, 6.07) is 0. The van der Waals surface area contributed by atoms with Crippen LogP contribution >= 0.6 is 9.24 Å². The summed E-state index contributed by atoms with van der Waals surface area (Å²) in [6.45, 7) is 2.98. The van der Waals surface area contributed by atoms with Gasteiger partial charge in [-0.15, -0.1) is 9.24 Å². The van der Waals surface area contributed by atoms with Crippen molar-refractivity contribution in [1.29, 1.82) is 0 Å². The van der Waals surface area contributed by atoms with Gasteiger partial charge in [0, 0.05) is 13.0 Å². The van der Waals surface area contributed by atoms with Gasteiger partial charge in [-0.3, -0.25) is 4.68 Å². The number of aromatic nitrogens is 3. The first-order valence-corrected chi connectivity index (χ1v) is 5.07. The fourth-order valence-electron chi connectivity index (χ4n) is 1.21. The number of rotatable bonds is 0. The number of hydrogen-bond donors (Lipinski definition) is 0. The molecule has 62 valence electrons. The Balaban J connectivity index is 0.000000281. The fraction of sp³-hybridized carbons (Fsp3) is 0.714. The standard InChI is InChI=1S/C6H9N3.CH5P/c1-2-4-9-6(3-1)7-5-8-9;1-2/h5H,1-4H2;2H2,1H3. The van der Waals surface area contributed by atoms with E-state index in [9.17, 15) is 0 Å². The van der Waals surface area contributed by atoms with Crippen molar-refractivity contribution in [2.24, 2.45) is 0 Å². The third-order valence-electron chi connectivity index (χ3n) is 1.72. The lowest BCUT2D eigenvalue weighted by molar-refractivity contribution is 0.479. The van der Waals surface area contributed by atoms with Crippen LogP contribution in [0.4, 0.5) is 0 Å². The van der Waals surface area contributed by atoms with Crippen LogP contribution in [-0.4, -0.2) is 21.4 Å². The Morgan fingerprint density at radius 2 is 2.27 bits per heavy atom. The molecule has 1 atom stereocenters. The Hall–Kier alpha value is -0.430. The second kappa shape index (κ2) is 4.45. The van der Waals surface area contributed by atoms with Crippen molar-refractivity contribution in [3.8, 4) is 0 Å². The average molecular weight is 171 g/mol. The van der Waals surface area contributed by atoms with Crippen LogP contribution in [-0.2, 0) is 13.0 Å². The molecule has 11 heavy (non-hydrogen) atoms. The van der Waals surface area contributed by atoms with E-state index in [1.54, 1.807) is 6.33 Å². The molecule has 0 bridgehead atoms. The molecule has 1 aliphatic heterocycles. The van der Waals surface area contributed by atoms with Gasteiger partial charge in [0.25, 0.3) is 0 Å². The van der Waals surface area contributed by atoms with Crippen molar-refractivity contribution >= 4 is 9.24 Å². The third-order valence-corrected chi connectivity index (χ3v) is 1.72. The highest BCUT2D eigenvalue weighted by atomic mass is 31.0. The SMILES string of the molecule is CP.c1nc2n(n1)CCCC2. The van der Waals surface area contributed by atoms with Crippen molar-refractivity contribution in [3.63, 3.8) is 0 Å². The molecule has 0 spiro atoms. The molecule has 0 saturated carbocycles. The van der Waals surface area contributed by atoms with Gasteiger partial charge in [0.1, 0.15) is 12.2 Å². The lowest BCUT2D eigenvalue weighted by atomic mass is 10.2. The molecule has 0 N–H and O–H groups in total. The zero-order chi connectivity index (χ0) is 8.10. The highest BCUT2D eigenvalue weighted by molar-refractivity contribution is 7.15. The first-order valence-electron chi connectivity index (χ1n) is 3.91. The molecular weight excluding hydrogens is 157 g/mol. The molecule has 1 aliphatic rings. The minimum absolute atomic E-state index is 1.06. The summed E-state index contributed by atoms with van der Waals surface area (Å²) in [6.07, 6.45) is 5.29. The Bertz CT molecular complexity index is 189. The van der Waals surface area contributed by atoms with Crippen LogP contribution in [0.5, 0.6) is 0 Å². The van der Waals surface area contributed by atoms with E-state index in [-0.39, 0.29) is 0 Å². The van der Waals surface area contributed by atoms with Gasteiger partial charge in [0.15, 0.2) is 0 Å². The quantitative estimate of drug-likeness (QED) is 0.547. The largest absolute Gasteiger partial charge is 0.250 e. The summed E-state index contributed by atoms with van der Waals surface area (Å²) < 4.78 is 1.99. The first kappa shape index (κ1) is 8.66. The van der Waals surface area contributed by atoms with Gasteiger partial charge in [-0.1, -0.05) is 6.66 Å². The highest BCUT2D eigenvalue weighted by Crippen LogP contribution is 2.08. The topological polar surface area (TPSA) is 30.7 Å². The molecule has 4 heteroatoms. The summed E-state index contributed by atoms with van der Waals surface area (Å²) in [5.41, 5.74) is 0. The predicted octanol–water partition coefficient (Wildman–Crippen LogP) is 1.11. The molecule has 1 unspecified atom stereocenters. The minimum atomic E-state index is 1.06. The number of aryl methyl sites for hydroxylation is 2. The van der Waals surface area contributed by atoms with Gasteiger partial charge in [-0.05, 0) is 12.8 Å². The number of nitrogens with zero attached hydrogens (tertiary/aromatic N) is 3. The van der Waals surface area contributed by atoms with E-state index < -0.39 is 0 Å². The number of hydrogen-bond acceptors (Lipinski definition) is 2. The zero-order valence-corrected chi connectivity index (χ0v) is 7.98. The molecule has 2 heterocycles. The Labute approximate surface area is 69.4 Å². The summed E-state index contributed by atoms with van der Waals surface area (Å²) in [4.78, 5) is 4.11.